The third kappa shape index (κ3) is 5.81. The number of ether oxygens (including phenoxy) is 2. The molecule has 0 unspecified atom stereocenters. The fourth-order valence-corrected chi connectivity index (χ4v) is 5.08. The molecule has 2 heterocycles. The molecule has 2 aromatic rings. The summed E-state index contributed by atoms with van der Waals surface area (Å²) in [7, 11) is -3.72. The van der Waals surface area contributed by atoms with Crippen LogP contribution < -0.4 is 10.1 Å². The van der Waals surface area contributed by atoms with Crippen molar-refractivity contribution in [3.63, 3.8) is 0 Å². The standard InChI is InChI=1S/C22H29N3O5S/c1-4-11-29-22-19(8-6-10-23-22)13-24-21(26)18-7-5-9-20(12-18)31(27,28)25-14-16(2)30-17(3)15-25/h5-10,12,16-17H,4,11,13-15H2,1-3H3,(H,24,26)/t16-,17+. The quantitative estimate of drug-likeness (QED) is 0.668. The van der Waals surface area contributed by atoms with E-state index in [1.807, 2.05) is 26.8 Å². The number of nitrogens with one attached hydrogen (secondary N) is 1. The molecule has 1 aromatic heterocycles. The van der Waals surface area contributed by atoms with Crippen LogP contribution in [0, 0.1) is 0 Å². The first-order valence-corrected chi connectivity index (χ1v) is 11.9. The van der Waals surface area contributed by atoms with E-state index in [4.69, 9.17) is 9.47 Å². The number of sulfonamides is 1. The first kappa shape index (κ1) is 23.2. The number of hydrogen-bond acceptors (Lipinski definition) is 6. The summed E-state index contributed by atoms with van der Waals surface area (Å²) in [5.41, 5.74) is 1.03. The third-order valence-corrected chi connectivity index (χ3v) is 6.68. The minimum atomic E-state index is -3.72. The van der Waals surface area contributed by atoms with E-state index in [0.717, 1.165) is 12.0 Å². The van der Waals surface area contributed by atoms with Crippen molar-refractivity contribution in [2.45, 2.75) is 50.8 Å². The molecule has 1 aliphatic rings. The van der Waals surface area contributed by atoms with Crippen LogP contribution in [0.3, 0.4) is 0 Å². The van der Waals surface area contributed by atoms with E-state index in [1.165, 1.54) is 16.4 Å². The van der Waals surface area contributed by atoms with Gasteiger partial charge in [0.05, 0.1) is 23.7 Å². The Hall–Kier alpha value is -2.49. The van der Waals surface area contributed by atoms with Crippen LogP contribution in [0.25, 0.3) is 0 Å². The highest BCUT2D eigenvalue weighted by atomic mass is 32.2. The molecule has 1 aromatic carbocycles. The molecule has 1 N–H and O–H groups in total. The van der Waals surface area contributed by atoms with Crippen molar-refractivity contribution in [1.29, 1.82) is 0 Å². The molecule has 168 valence electrons. The summed E-state index contributed by atoms with van der Waals surface area (Å²) in [5, 5.41) is 2.82. The van der Waals surface area contributed by atoms with E-state index < -0.39 is 10.0 Å². The van der Waals surface area contributed by atoms with Crippen LogP contribution in [0.1, 0.15) is 43.1 Å². The fourth-order valence-electron chi connectivity index (χ4n) is 3.44. The van der Waals surface area contributed by atoms with Crippen molar-refractivity contribution < 1.29 is 22.7 Å². The molecule has 0 bridgehead atoms. The van der Waals surface area contributed by atoms with Crippen molar-refractivity contribution in [2.75, 3.05) is 19.7 Å². The molecular weight excluding hydrogens is 418 g/mol. The largest absolute Gasteiger partial charge is 0.477 e. The van der Waals surface area contributed by atoms with Crippen LogP contribution in [-0.4, -0.2) is 55.5 Å². The highest BCUT2D eigenvalue weighted by Gasteiger charge is 2.32. The second-order valence-corrected chi connectivity index (χ2v) is 9.54. The molecule has 3 rings (SSSR count). The number of hydrogen-bond donors (Lipinski definition) is 1. The van der Waals surface area contributed by atoms with Gasteiger partial charge in [-0.2, -0.15) is 4.31 Å². The lowest BCUT2D eigenvalue weighted by Gasteiger charge is -2.34. The smallest absolute Gasteiger partial charge is 0.251 e. The van der Waals surface area contributed by atoms with Crippen molar-refractivity contribution in [1.82, 2.24) is 14.6 Å². The van der Waals surface area contributed by atoms with Crippen molar-refractivity contribution >= 4 is 15.9 Å². The molecule has 1 amide bonds. The minimum absolute atomic E-state index is 0.0924. The predicted octanol–water partition coefficient (Wildman–Crippen LogP) is 2.60. The van der Waals surface area contributed by atoms with Gasteiger partial charge in [-0.05, 0) is 44.5 Å². The van der Waals surface area contributed by atoms with Gasteiger partial charge >= 0.3 is 0 Å². The molecule has 9 heteroatoms. The average Bonchev–Trinajstić information content (AvgIpc) is 2.76. The lowest BCUT2D eigenvalue weighted by atomic mass is 10.2. The maximum Gasteiger partial charge on any atom is 0.251 e. The third-order valence-electron chi connectivity index (χ3n) is 4.85. The zero-order chi connectivity index (χ0) is 22.4. The molecule has 1 aliphatic heterocycles. The number of carbonyl (C=O) groups excluding carboxylic acids is 1. The summed E-state index contributed by atoms with van der Waals surface area (Å²) in [4.78, 5) is 17.0. The highest BCUT2D eigenvalue weighted by Crippen LogP contribution is 2.22. The van der Waals surface area contributed by atoms with Gasteiger partial charge in [-0.1, -0.05) is 19.1 Å². The topological polar surface area (TPSA) is 97.8 Å². The van der Waals surface area contributed by atoms with Gasteiger partial charge in [0, 0.05) is 37.0 Å². The lowest BCUT2D eigenvalue weighted by molar-refractivity contribution is -0.0440. The summed E-state index contributed by atoms with van der Waals surface area (Å²) in [6.45, 7) is 7.02. The van der Waals surface area contributed by atoms with Crippen LogP contribution in [0.15, 0.2) is 47.5 Å². The summed E-state index contributed by atoms with van der Waals surface area (Å²) < 4.78 is 38.8. The van der Waals surface area contributed by atoms with E-state index in [2.05, 4.69) is 10.3 Å². The second-order valence-electron chi connectivity index (χ2n) is 7.61. The molecular formula is C22H29N3O5S. The Labute approximate surface area is 183 Å². The van der Waals surface area contributed by atoms with Gasteiger partial charge in [0.15, 0.2) is 0 Å². The molecule has 0 spiro atoms. The maximum absolute atomic E-state index is 13.1. The number of nitrogens with zero attached hydrogens (tertiary/aromatic N) is 2. The number of rotatable bonds is 8. The Morgan fingerprint density at radius 1 is 1.23 bits per heavy atom. The van der Waals surface area contributed by atoms with Crippen molar-refractivity contribution in [3.8, 4) is 5.88 Å². The van der Waals surface area contributed by atoms with Crippen LogP contribution >= 0.6 is 0 Å². The first-order valence-electron chi connectivity index (χ1n) is 10.4. The zero-order valence-electron chi connectivity index (χ0n) is 18.1. The highest BCUT2D eigenvalue weighted by molar-refractivity contribution is 7.89. The van der Waals surface area contributed by atoms with Gasteiger partial charge < -0.3 is 14.8 Å². The molecule has 2 atom stereocenters. The van der Waals surface area contributed by atoms with E-state index in [9.17, 15) is 13.2 Å². The van der Waals surface area contributed by atoms with Crippen LogP contribution in [0.5, 0.6) is 5.88 Å². The van der Waals surface area contributed by atoms with Gasteiger partial charge in [0.25, 0.3) is 5.91 Å². The fraction of sp³-hybridized carbons (Fsp3) is 0.455. The maximum atomic E-state index is 13.1. The normalized spacial score (nSPS) is 19.7. The van der Waals surface area contributed by atoms with Crippen LogP contribution in [0.2, 0.25) is 0 Å². The Kier molecular flexibility index (Phi) is 7.64. The second kappa shape index (κ2) is 10.2. The van der Waals surface area contributed by atoms with Gasteiger partial charge in [0.2, 0.25) is 15.9 Å². The van der Waals surface area contributed by atoms with Crippen LogP contribution in [0.4, 0.5) is 0 Å². The number of pyridine rings is 1. The predicted molar refractivity (Wildman–Crippen MR) is 116 cm³/mol. The number of benzene rings is 1. The summed E-state index contributed by atoms with van der Waals surface area (Å²) in [6, 6.07) is 9.70. The Bertz CT molecular complexity index is 1000. The van der Waals surface area contributed by atoms with Gasteiger partial charge in [-0.25, -0.2) is 13.4 Å². The van der Waals surface area contributed by atoms with Gasteiger partial charge in [0.1, 0.15) is 0 Å². The van der Waals surface area contributed by atoms with Gasteiger partial charge in [-0.15, -0.1) is 0 Å². The van der Waals surface area contributed by atoms with E-state index in [-0.39, 0.29) is 48.2 Å². The van der Waals surface area contributed by atoms with Crippen LogP contribution in [-0.2, 0) is 21.3 Å². The monoisotopic (exact) mass is 447 g/mol. The van der Waals surface area contributed by atoms with E-state index in [1.54, 1.807) is 24.4 Å². The molecule has 0 saturated carbocycles. The number of carbonyl (C=O) groups is 1. The number of aromatic nitrogens is 1. The SMILES string of the molecule is CCCOc1ncccc1CNC(=O)c1cccc(S(=O)(=O)N2C[C@@H](C)O[C@@H](C)C2)c1. The molecule has 0 aliphatic carbocycles. The summed E-state index contributed by atoms with van der Waals surface area (Å²) >= 11 is 0. The first-order chi connectivity index (χ1) is 14.8. The molecule has 8 nitrogen and oxygen atoms in total. The Balaban J connectivity index is 1.72. The van der Waals surface area contributed by atoms with E-state index >= 15 is 0 Å². The average molecular weight is 448 g/mol. The van der Waals surface area contributed by atoms with Gasteiger partial charge in [-0.3, -0.25) is 4.79 Å². The zero-order valence-corrected chi connectivity index (χ0v) is 18.9. The summed E-state index contributed by atoms with van der Waals surface area (Å²) in [6.07, 6.45) is 2.12. The molecule has 1 fully saturated rings. The van der Waals surface area contributed by atoms with E-state index in [0.29, 0.717) is 12.5 Å². The minimum Gasteiger partial charge on any atom is -0.477 e. The number of amides is 1. The molecule has 1 saturated heterocycles. The molecule has 0 radical (unpaired) electrons. The van der Waals surface area contributed by atoms with Crippen molar-refractivity contribution in [3.05, 3.63) is 53.7 Å². The molecule has 31 heavy (non-hydrogen) atoms. The summed E-state index contributed by atoms with van der Waals surface area (Å²) in [5.74, 6) is 0.114. The van der Waals surface area contributed by atoms with Crippen molar-refractivity contribution in [2.24, 2.45) is 0 Å². The number of morpholine rings is 1. The Morgan fingerprint density at radius 2 is 1.97 bits per heavy atom. The lowest BCUT2D eigenvalue weighted by Crippen LogP contribution is -2.48. The Morgan fingerprint density at radius 3 is 2.68 bits per heavy atom.